The summed E-state index contributed by atoms with van der Waals surface area (Å²) >= 11 is 0. The Hall–Kier alpha value is -2.10. The van der Waals surface area contributed by atoms with Crippen LogP contribution in [0.4, 0.5) is 0 Å². The van der Waals surface area contributed by atoms with Gasteiger partial charge in [-0.05, 0) is 49.3 Å². The van der Waals surface area contributed by atoms with Crippen LogP contribution in [0.15, 0.2) is 36.4 Å². The first kappa shape index (κ1) is 17.7. The number of nitrogens with one attached hydrogen (secondary N) is 1. The molecule has 1 N–H and O–H groups in total. The van der Waals surface area contributed by atoms with Crippen LogP contribution in [0.1, 0.15) is 49.0 Å². The molecule has 2 unspecified atom stereocenters. The van der Waals surface area contributed by atoms with Gasteiger partial charge in [-0.2, -0.15) is 0 Å². The maximum Gasteiger partial charge on any atom is 0.313 e. The van der Waals surface area contributed by atoms with E-state index < -0.39 is 5.41 Å². The Morgan fingerprint density at radius 3 is 2.76 bits per heavy atom. The van der Waals surface area contributed by atoms with Crippen LogP contribution in [0.5, 0.6) is 0 Å². The molecule has 1 aliphatic heterocycles. The monoisotopic (exact) mass is 341 g/mol. The minimum Gasteiger partial charge on any atom is -0.465 e. The predicted octanol–water partition coefficient (Wildman–Crippen LogP) is 3.51. The summed E-state index contributed by atoms with van der Waals surface area (Å²) in [7, 11) is 0. The van der Waals surface area contributed by atoms with E-state index in [9.17, 15) is 9.59 Å². The zero-order valence-corrected chi connectivity index (χ0v) is 15.1. The van der Waals surface area contributed by atoms with Crippen LogP contribution in [0.3, 0.4) is 0 Å². The fourth-order valence-electron chi connectivity index (χ4n) is 3.98. The maximum atomic E-state index is 12.3. The van der Waals surface area contributed by atoms with Crippen molar-refractivity contribution in [2.75, 3.05) is 13.2 Å². The maximum absolute atomic E-state index is 12.3. The van der Waals surface area contributed by atoms with Crippen molar-refractivity contribution in [1.29, 1.82) is 0 Å². The van der Waals surface area contributed by atoms with Gasteiger partial charge in [0.25, 0.3) is 5.91 Å². The fraction of sp³-hybridized carbons (Fsp3) is 0.524. The third-order valence-electron chi connectivity index (χ3n) is 5.45. The van der Waals surface area contributed by atoms with Gasteiger partial charge in [0.05, 0.1) is 12.0 Å². The molecule has 3 rings (SSSR count). The van der Waals surface area contributed by atoms with E-state index >= 15 is 0 Å². The molecule has 2 fully saturated rings. The van der Waals surface area contributed by atoms with Gasteiger partial charge in [0.15, 0.2) is 0 Å². The van der Waals surface area contributed by atoms with Gasteiger partial charge in [-0.3, -0.25) is 9.59 Å². The zero-order chi connectivity index (χ0) is 18.0. The molecule has 1 heterocycles. The van der Waals surface area contributed by atoms with Gasteiger partial charge in [0, 0.05) is 18.0 Å². The van der Waals surface area contributed by atoms with Gasteiger partial charge in [-0.1, -0.05) is 38.1 Å². The van der Waals surface area contributed by atoms with Crippen LogP contribution in [0, 0.1) is 17.3 Å². The van der Waals surface area contributed by atoms with E-state index in [0.29, 0.717) is 37.5 Å². The molecular weight excluding hydrogens is 314 g/mol. The van der Waals surface area contributed by atoms with Gasteiger partial charge in [0.1, 0.15) is 0 Å². The highest BCUT2D eigenvalue weighted by atomic mass is 16.5. The Bertz CT molecular complexity index is 677. The van der Waals surface area contributed by atoms with Crippen molar-refractivity contribution < 1.29 is 14.3 Å². The van der Waals surface area contributed by atoms with Gasteiger partial charge in [0.2, 0.25) is 0 Å². The first-order valence-corrected chi connectivity index (χ1v) is 9.12. The number of fused-ring (bicyclic) bond motifs is 1. The lowest BCUT2D eigenvalue weighted by Gasteiger charge is -2.24. The Balaban J connectivity index is 1.65. The number of rotatable bonds is 6. The van der Waals surface area contributed by atoms with Gasteiger partial charge >= 0.3 is 5.97 Å². The van der Waals surface area contributed by atoms with Gasteiger partial charge < -0.3 is 10.1 Å². The number of allylic oxidation sites excluding steroid dienone is 1. The van der Waals surface area contributed by atoms with Crippen molar-refractivity contribution in [3.63, 3.8) is 0 Å². The largest absolute Gasteiger partial charge is 0.465 e. The molecule has 1 saturated carbocycles. The lowest BCUT2D eigenvalue weighted by molar-refractivity contribution is -0.146. The van der Waals surface area contributed by atoms with Gasteiger partial charge in [-0.25, -0.2) is 0 Å². The van der Waals surface area contributed by atoms with Crippen molar-refractivity contribution >= 4 is 11.9 Å². The fourth-order valence-corrected chi connectivity index (χ4v) is 3.98. The third kappa shape index (κ3) is 3.63. The Labute approximate surface area is 149 Å². The summed E-state index contributed by atoms with van der Waals surface area (Å²) in [5.41, 5.74) is 2.42. The van der Waals surface area contributed by atoms with Crippen LogP contribution >= 0.6 is 0 Å². The first-order chi connectivity index (χ1) is 11.9. The number of hydrogen-bond donors (Lipinski definition) is 1. The highest BCUT2D eigenvalue weighted by Gasteiger charge is 2.55. The highest BCUT2D eigenvalue weighted by molar-refractivity contribution is 5.94. The van der Waals surface area contributed by atoms with Crippen LogP contribution in [-0.4, -0.2) is 25.0 Å². The Morgan fingerprint density at radius 2 is 2.08 bits per heavy atom. The molecule has 2 aliphatic rings. The van der Waals surface area contributed by atoms with Gasteiger partial charge in [-0.15, -0.1) is 0 Å². The summed E-state index contributed by atoms with van der Waals surface area (Å²) in [6, 6.07) is 7.59. The first-order valence-electron chi connectivity index (χ1n) is 9.12. The molecule has 4 heteroatoms. The highest BCUT2D eigenvalue weighted by Crippen LogP contribution is 2.52. The zero-order valence-electron chi connectivity index (χ0n) is 15.1. The normalized spacial score (nSPS) is 25.2. The lowest BCUT2D eigenvalue weighted by Crippen LogP contribution is -2.31. The van der Waals surface area contributed by atoms with E-state index in [0.717, 1.165) is 24.0 Å². The topological polar surface area (TPSA) is 55.4 Å². The van der Waals surface area contributed by atoms with Crippen LogP contribution in [0.2, 0.25) is 0 Å². The van der Waals surface area contributed by atoms with Crippen LogP contribution in [-0.2, 0) is 16.0 Å². The van der Waals surface area contributed by atoms with Crippen LogP contribution < -0.4 is 5.32 Å². The smallest absolute Gasteiger partial charge is 0.313 e. The number of benzene rings is 1. The van der Waals surface area contributed by atoms with Crippen molar-refractivity contribution in [1.82, 2.24) is 5.32 Å². The van der Waals surface area contributed by atoms with Crippen molar-refractivity contribution in [2.24, 2.45) is 17.3 Å². The molecule has 1 amide bonds. The Kier molecular flexibility index (Phi) is 4.98. The number of amides is 1. The average Bonchev–Trinajstić information content (AvgIpc) is 3.02. The van der Waals surface area contributed by atoms with Crippen molar-refractivity contribution in [2.45, 2.75) is 39.5 Å². The minimum absolute atomic E-state index is 0.0437. The molecule has 0 spiro atoms. The molecule has 1 aromatic rings. The summed E-state index contributed by atoms with van der Waals surface area (Å²) in [5, 5.41) is 2.95. The molecule has 0 bridgehead atoms. The van der Waals surface area contributed by atoms with E-state index in [2.05, 4.69) is 25.7 Å². The number of carbonyl (C=O) groups excluding carboxylic acids is 2. The molecule has 25 heavy (non-hydrogen) atoms. The molecule has 134 valence electrons. The van der Waals surface area contributed by atoms with Crippen LogP contribution in [0.25, 0.3) is 0 Å². The quantitative estimate of drug-likeness (QED) is 0.636. The second-order valence-electron chi connectivity index (χ2n) is 7.89. The molecular formula is C21H27NO3. The van der Waals surface area contributed by atoms with E-state index in [1.807, 2.05) is 24.3 Å². The molecule has 4 nitrogen and oxygen atoms in total. The van der Waals surface area contributed by atoms with Crippen molar-refractivity contribution in [3.05, 3.63) is 47.5 Å². The second kappa shape index (κ2) is 7.03. The molecule has 1 aliphatic carbocycles. The number of carbonyl (C=O) groups is 2. The summed E-state index contributed by atoms with van der Waals surface area (Å²) in [6.45, 7) is 9.55. The third-order valence-corrected chi connectivity index (χ3v) is 5.45. The van der Waals surface area contributed by atoms with E-state index in [1.165, 1.54) is 0 Å². The summed E-state index contributed by atoms with van der Waals surface area (Å²) < 4.78 is 5.33. The molecule has 1 aromatic carbocycles. The van der Waals surface area contributed by atoms with E-state index in [-0.39, 0.29) is 17.8 Å². The van der Waals surface area contributed by atoms with E-state index in [1.54, 1.807) is 0 Å². The summed E-state index contributed by atoms with van der Waals surface area (Å²) in [4.78, 5) is 24.5. The van der Waals surface area contributed by atoms with Crippen molar-refractivity contribution in [3.8, 4) is 0 Å². The molecule has 0 aromatic heterocycles. The second-order valence-corrected chi connectivity index (χ2v) is 7.89. The number of cyclic esters (lactones) is 1. The minimum atomic E-state index is -0.446. The number of hydrogen-bond acceptors (Lipinski definition) is 3. The lowest BCUT2D eigenvalue weighted by atomic mass is 9.75. The summed E-state index contributed by atoms with van der Waals surface area (Å²) in [6.07, 6.45) is 3.22. The molecule has 2 atom stereocenters. The SMILES string of the molecule is C=C1CC2COC(=O)C2(Cc2ccc(C(=O)NCCC(C)C)cc2)C1. The predicted molar refractivity (Wildman–Crippen MR) is 97.2 cm³/mol. The van der Waals surface area contributed by atoms with E-state index in [4.69, 9.17) is 4.74 Å². The standard InChI is InChI=1S/C21H27NO3/c1-14(2)8-9-22-19(23)17-6-4-16(5-7-17)12-21-11-15(3)10-18(21)13-25-20(21)24/h4-7,14,18H,3,8-13H2,1-2H3,(H,22,23). The molecule has 0 radical (unpaired) electrons. The summed E-state index contributed by atoms with van der Waals surface area (Å²) in [5.74, 6) is 0.679. The Morgan fingerprint density at radius 1 is 1.36 bits per heavy atom. The number of esters is 1. The molecule has 1 saturated heterocycles. The average molecular weight is 341 g/mol. The number of ether oxygens (including phenoxy) is 1.